The third-order valence-corrected chi connectivity index (χ3v) is 3.58. The standard InChI is InChI=1S/C15H11ClF4/c1-7-3-4-10(17)13(15(7)20)14(16)9-5-8(2)11(18)6-12(9)19/h3-6,14H,1-2H3. The van der Waals surface area contributed by atoms with Crippen LogP contribution in [0.3, 0.4) is 0 Å². The molecule has 0 bridgehead atoms. The van der Waals surface area contributed by atoms with Gasteiger partial charge in [-0.05, 0) is 37.1 Å². The van der Waals surface area contributed by atoms with Crippen molar-refractivity contribution in [3.63, 3.8) is 0 Å². The summed E-state index contributed by atoms with van der Waals surface area (Å²) in [5.41, 5.74) is -0.239. The lowest BCUT2D eigenvalue weighted by Crippen LogP contribution is -2.06. The number of halogens is 5. The molecule has 0 nitrogen and oxygen atoms in total. The van der Waals surface area contributed by atoms with Crippen LogP contribution in [-0.2, 0) is 0 Å². The van der Waals surface area contributed by atoms with Gasteiger partial charge < -0.3 is 0 Å². The molecule has 2 aromatic carbocycles. The maximum Gasteiger partial charge on any atom is 0.134 e. The summed E-state index contributed by atoms with van der Waals surface area (Å²) in [4.78, 5) is 0. The van der Waals surface area contributed by atoms with Crippen molar-refractivity contribution in [2.24, 2.45) is 0 Å². The summed E-state index contributed by atoms with van der Waals surface area (Å²) in [6, 6.07) is 4.15. The zero-order valence-electron chi connectivity index (χ0n) is 10.8. The van der Waals surface area contributed by atoms with E-state index >= 15 is 0 Å². The molecule has 0 amide bonds. The van der Waals surface area contributed by atoms with E-state index in [4.69, 9.17) is 11.6 Å². The van der Waals surface area contributed by atoms with Crippen LogP contribution < -0.4 is 0 Å². The average molecular weight is 303 g/mol. The molecule has 2 aromatic rings. The van der Waals surface area contributed by atoms with Crippen molar-refractivity contribution in [3.8, 4) is 0 Å². The minimum atomic E-state index is -1.37. The van der Waals surface area contributed by atoms with E-state index in [1.54, 1.807) is 0 Å². The molecule has 0 spiro atoms. The summed E-state index contributed by atoms with van der Waals surface area (Å²) in [6.45, 7) is 2.87. The van der Waals surface area contributed by atoms with Crippen LogP contribution in [-0.4, -0.2) is 0 Å². The fraction of sp³-hybridized carbons (Fsp3) is 0.200. The van der Waals surface area contributed by atoms with Crippen LogP contribution in [0.4, 0.5) is 17.6 Å². The third kappa shape index (κ3) is 2.52. The normalized spacial score (nSPS) is 12.6. The lowest BCUT2D eigenvalue weighted by molar-refractivity contribution is 0.543. The number of aryl methyl sites for hydroxylation is 2. The summed E-state index contributed by atoms with van der Waals surface area (Å²) in [5.74, 6) is -3.37. The van der Waals surface area contributed by atoms with Crippen molar-refractivity contribution < 1.29 is 17.6 Å². The van der Waals surface area contributed by atoms with E-state index < -0.39 is 34.2 Å². The molecule has 2 rings (SSSR count). The zero-order valence-corrected chi connectivity index (χ0v) is 11.5. The van der Waals surface area contributed by atoms with Crippen LogP contribution in [0, 0.1) is 37.1 Å². The van der Waals surface area contributed by atoms with Crippen LogP contribution in [0.25, 0.3) is 0 Å². The Bertz CT molecular complexity index is 667. The lowest BCUT2D eigenvalue weighted by Gasteiger charge is -2.15. The van der Waals surface area contributed by atoms with Gasteiger partial charge in [-0.3, -0.25) is 0 Å². The van der Waals surface area contributed by atoms with Gasteiger partial charge in [0.15, 0.2) is 0 Å². The molecule has 0 heterocycles. The highest BCUT2D eigenvalue weighted by Crippen LogP contribution is 2.35. The molecule has 106 valence electrons. The maximum absolute atomic E-state index is 14.0. The lowest BCUT2D eigenvalue weighted by atomic mass is 9.99. The molecule has 1 unspecified atom stereocenters. The summed E-state index contributed by atoms with van der Waals surface area (Å²) in [6.07, 6.45) is 0. The molecule has 5 heteroatoms. The van der Waals surface area contributed by atoms with E-state index in [0.29, 0.717) is 6.07 Å². The van der Waals surface area contributed by atoms with Crippen molar-refractivity contribution in [1.82, 2.24) is 0 Å². The fourth-order valence-electron chi connectivity index (χ4n) is 1.94. The van der Waals surface area contributed by atoms with E-state index in [1.165, 1.54) is 19.9 Å². The second-order valence-electron chi connectivity index (χ2n) is 4.58. The molecule has 20 heavy (non-hydrogen) atoms. The van der Waals surface area contributed by atoms with Crippen molar-refractivity contribution in [1.29, 1.82) is 0 Å². The van der Waals surface area contributed by atoms with Crippen molar-refractivity contribution >= 4 is 11.6 Å². The van der Waals surface area contributed by atoms with Crippen LogP contribution in [0.1, 0.15) is 27.6 Å². The first kappa shape index (κ1) is 14.9. The first-order chi connectivity index (χ1) is 9.32. The molecule has 1 atom stereocenters. The Morgan fingerprint density at radius 3 is 2.15 bits per heavy atom. The number of benzene rings is 2. The van der Waals surface area contributed by atoms with Gasteiger partial charge in [0.05, 0.1) is 5.38 Å². The van der Waals surface area contributed by atoms with Gasteiger partial charge in [0, 0.05) is 17.2 Å². The Hall–Kier alpha value is -1.55. The van der Waals surface area contributed by atoms with Gasteiger partial charge in [-0.15, -0.1) is 11.6 Å². The van der Waals surface area contributed by atoms with E-state index in [2.05, 4.69) is 0 Å². The maximum atomic E-state index is 14.0. The fourth-order valence-corrected chi connectivity index (χ4v) is 2.31. The monoisotopic (exact) mass is 302 g/mol. The smallest absolute Gasteiger partial charge is 0.134 e. The van der Waals surface area contributed by atoms with Crippen molar-refractivity contribution in [3.05, 3.63) is 69.8 Å². The van der Waals surface area contributed by atoms with Gasteiger partial charge in [-0.2, -0.15) is 0 Å². The van der Waals surface area contributed by atoms with Crippen molar-refractivity contribution in [2.75, 3.05) is 0 Å². The quantitative estimate of drug-likeness (QED) is 0.529. The third-order valence-electron chi connectivity index (χ3n) is 3.12. The van der Waals surface area contributed by atoms with E-state index in [-0.39, 0.29) is 16.7 Å². The summed E-state index contributed by atoms with van der Waals surface area (Å²) < 4.78 is 54.7. The molecule has 0 aliphatic rings. The highest BCUT2D eigenvalue weighted by atomic mass is 35.5. The topological polar surface area (TPSA) is 0 Å². The predicted octanol–water partition coefficient (Wildman–Crippen LogP) is 5.19. The summed E-state index contributed by atoms with van der Waals surface area (Å²) in [5, 5.41) is -1.37. The molecule has 0 aliphatic heterocycles. The largest absolute Gasteiger partial charge is 0.207 e. The molecule has 0 N–H and O–H groups in total. The van der Waals surface area contributed by atoms with Crippen LogP contribution in [0.2, 0.25) is 0 Å². The SMILES string of the molecule is Cc1cc(C(Cl)c2c(F)ccc(C)c2F)c(F)cc1F. The number of hydrogen-bond acceptors (Lipinski definition) is 0. The average Bonchev–Trinajstić information content (AvgIpc) is 2.38. The highest BCUT2D eigenvalue weighted by Gasteiger charge is 2.24. The van der Waals surface area contributed by atoms with Crippen LogP contribution in [0.15, 0.2) is 24.3 Å². The second kappa shape index (κ2) is 5.44. The van der Waals surface area contributed by atoms with Gasteiger partial charge in [-0.25, -0.2) is 17.6 Å². The predicted molar refractivity (Wildman–Crippen MR) is 69.9 cm³/mol. The molecule has 0 fully saturated rings. The zero-order chi connectivity index (χ0) is 15.0. The highest BCUT2D eigenvalue weighted by molar-refractivity contribution is 6.22. The molecule has 0 saturated carbocycles. The van der Waals surface area contributed by atoms with Gasteiger partial charge >= 0.3 is 0 Å². The first-order valence-electron chi connectivity index (χ1n) is 5.87. The molecule has 0 aliphatic carbocycles. The van der Waals surface area contributed by atoms with E-state index in [0.717, 1.165) is 12.1 Å². The van der Waals surface area contributed by atoms with Gasteiger partial charge in [0.1, 0.15) is 23.3 Å². The molecule has 0 radical (unpaired) electrons. The van der Waals surface area contributed by atoms with Crippen LogP contribution >= 0.6 is 11.6 Å². The molecular weight excluding hydrogens is 292 g/mol. The molecule has 0 saturated heterocycles. The minimum Gasteiger partial charge on any atom is -0.207 e. The van der Waals surface area contributed by atoms with E-state index in [1.807, 2.05) is 0 Å². The number of hydrogen-bond donors (Lipinski definition) is 0. The van der Waals surface area contributed by atoms with Crippen molar-refractivity contribution in [2.45, 2.75) is 19.2 Å². The van der Waals surface area contributed by atoms with Gasteiger partial charge in [0.2, 0.25) is 0 Å². The van der Waals surface area contributed by atoms with E-state index in [9.17, 15) is 17.6 Å². The minimum absolute atomic E-state index is 0.153. The molecule has 0 aromatic heterocycles. The summed E-state index contributed by atoms with van der Waals surface area (Å²) >= 11 is 6.00. The first-order valence-corrected chi connectivity index (χ1v) is 6.30. The Morgan fingerprint density at radius 2 is 1.50 bits per heavy atom. The Kier molecular flexibility index (Phi) is 4.04. The number of rotatable bonds is 2. The molecular formula is C15H11ClF4. The Morgan fingerprint density at radius 1 is 0.850 bits per heavy atom. The second-order valence-corrected chi connectivity index (χ2v) is 5.01. The van der Waals surface area contributed by atoms with Crippen LogP contribution in [0.5, 0.6) is 0 Å². The Balaban J connectivity index is 2.60. The summed E-state index contributed by atoms with van der Waals surface area (Å²) in [7, 11) is 0. The Labute approximate surface area is 119 Å². The number of alkyl halides is 1. The van der Waals surface area contributed by atoms with Gasteiger partial charge in [-0.1, -0.05) is 6.07 Å². The van der Waals surface area contributed by atoms with Gasteiger partial charge in [0.25, 0.3) is 0 Å².